The van der Waals surface area contributed by atoms with Crippen molar-refractivity contribution in [2.24, 2.45) is 0 Å². The van der Waals surface area contributed by atoms with Crippen molar-refractivity contribution in [2.75, 3.05) is 17.2 Å². The Morgan fingerprint density at radius 3 is 2.15 bits per heavy atom. The molecule has 7 N–H and O–H groups in total. The Hall–Kier alpha value is -3.38. The van der Waals surface area contributed by atoms with Gasteiger partial charge in [0.1, 0.15) is 5.75 Å². The Morgan fingerprint density at radius 1 is 0.808 bits per heavy atom. The average molecular weight is 361 g/mol. The molecular formula is C20H15N3O2S. The van der Waals surface area contributed by atoms with Crippen molar-refractivity contribution in [1.82, 2.24) is 0 Å². The fourth-order valence-corrected chi connectivity index (χ4v) is 3.81. The SMILES string of the molecule is Nc1ccc(O)c2c1C(=O)c1c(N)cc(-c3ccccc3)c(N)c1C2=S. The summed E-state index contributed by atoms with van der Waals surface area (Å²) in [7, 11) is 0. The van der Waals surface area contributed by atoms with E-state index in [1.807, 2.05) is 30.3 Å². The van der Waals surface area contributed by atoms with Gasteiger partial charge in [-0.25, -0.2) is 0 Å². The van der Waals surface area contributed by atoms with Crippen molar-refractivity contribution in [3.05, 3.63) is 70.8 Å². The molecule has 0 bridgehead atoms. The van der Waals surface area contributed by atoms with Gasteiger partial charge in [0.2, 0.25) is 0 Å². The van der Waals surface area contributed by atoms with Gasteiger partial charge in [0.25, 0.3) is 0 Å². The molecule has 128 valence electrons. The minimum Gasteiger partial charge on any atom is -0.507 e. The summed E-state index contributed by atoms with van der Waals surface area (Å²) in [6.45, 7) is 0. The average Bonchev–Trinajstić information content (AvgIpc) is 2.63. The van der Waals surface area contributed by atoms with Crippen LogP contribution in [0.4, 0.5) is 17.1 Å². The van der Waals surface area contributed by atoms with E-state index in [-0.39, 0.29) is 44.5 Å². The van der Waals surface area contributed by atoms with E-state index in [1.54, 1.807) is 6.07 Å². The lowest BCUT2D eigenvalue weighted by Gasteiger charge is -2.25. The monoisotopic (exact) mass is 361 g/mol. The molecule has 0 atom stereocenters. The summed E-state index contributed by atoms with van der Waals surface area (Å²) >= 11 is 5.57. The normalized spacial score (nSPS) is 12.6. The molecule has 5 nitrogen and oxygen atoms in total. The van der Waals surface area contributed by atoms with Gasteiger partial charge in [-0.2, -0.15) is 0 Å². The Bertz CT molecular complexity index is 1110. The number of fused-ring (bicyclic) bond motifs is 2. The molecule has 0 saturated carbocycles. The maximum absolute atomic E-state index is 13.1. The first-order valence-electron chi connectivity index (χ1n) is 7.90. The van der Waals surface area contributed by atoms with Crippen LogP contribution >= 0.6 is 12.2 Å². The highest BCUT2D eigenvalue weighted by atomic mass is 32.1. The summed E-state index contributed by atoms with van der Waals surface area (Å²) in [6.07, 6.45) is 0. The van der Waals surface area contributed by atoms with Gasteiger partial charge >= 0.3 is 0 Å². The van der Waals surface area contributed by atoms with Crippen molar-refractivity contribution in [3.63, 3.8) is 0 Å². The van der Waals surface area contributed by atoms with Gasteiger partial charge in [-0.15, -0.1) is 0 Å². The number of nitrogen functional groups attached to an aromatic ring is 3. The summed E-state index contributed by atoms with van der Waals surface area (Å²) in [5, 5.41) is 10.3. The number of thiocarbonyl (C=S) groups is 1. The summed E-state index contributed by atoms with van der Waals surface area (Å²) in [4.78, 5) is 13.3. The molecule has 1 aliphatic rings. The molecule has 1 aliphatic carbocycles. The lowest BCUT2D eigenvalue weighted by atomic mass is 9.80. The lowest BCUT2D eigenvalue weighted by Crippen LogP contribution is -2.25. The van der Waals surface area contributed by atoms with Crippen LogP contribution < -0.4 is 17.2 Å². The van der Waals surface area contributed by atoms with E-state index < -0.39 is 0 Å². The van der Waals surface area contributed by atoms with E-state index in [9.17, 15) is 9.90 Å². The van der Waals surface area contributed by atoms with Gasteiger partial charge in [-0.3, -0.25) is 4.79 Å². The quantitative estimate of drug-likeness (QED) is 0.235. The third-order valence-corrected chi connectivity index (χ3v) is 5.01. The summed E-state index contributed by atoms with van der Waals surface area (Å²) in [5.41, 5.74) is 22.0. The fourth-order valence-electron chi connectivity index (χ4n) is 3.39. The number of carbonyl (C=O) groups is 1. The van der Waals surface area contributed by atoms with Crippen LogP contribution in [0.2, 0.25) is 0 Å². The summed E-state index contributed by atoms with van der Waals surface area (Å²) < 4.78 is 0. The number of ketones is 1. The van der Waals surface area contributed by atoms with Crippen LogP contribution in [0.5, 0.6) is 5.75 Å². The van der Waals surface area contributed by atoms with Gasteiger partial charge in [0, 0.05) is 33.8 Å². The number of carbonyl (C=O) groups excluding carboxylic acids is 1. The topological polar surface area (TPSA) is 115 Å². The number of hydrogen-bond donors (Lipinski definition) is 4. The number of aromatic hydroxyl groups is 1. The van der Waals surface area contributed by atoms with Crippen molar-refractivity contribution < 1.29 is 9.90 Å². The smallest absolute Gasteiger partial charge is 0.198 e. The number of rotatable bonds is 1. The van der Waals surface area contributed by atoms with E-state index in [0.717, 1.165) is 5.56 Å². The number of nitrogens with two attached hydrogens (primary N) is 3. The Morgan fingerprint density at radius 2 is 1.46 bits per heavy atom. The third kappa shape index (κ3) is 2.09. The molecule has 0 spiro atoms. The van der Waals surface area contributed by atoms with Crippen LogP contribution in [-0.4, -0.2) is 15.8 Å². The third-order valence-electron chi connectivity index (χ3n) is 4.61. The highest BCUT2D eigenvalue weighted by Gasteiger charge is 2.35. The zero-order valence-corrected chi connectivity index (χ0v) is 14.4. The number of hydrogen-bond acceptors (Lipinski definition) is 6. The minimum atomic E-state index is -0.388. The van der Waals surface area contributed by atoms with Crippen molar-refractivity contribution in [2.45, 2.75) is 0 Å². The molecule has 0 aliphatic heterocycles. The first-order chi connectivity index (χ1) is 12.4. The second-order valence-electron chi connectivity index (χ2n) is 6.13. The minimum absolute atomic E-state index is 0.110. The van der Waals surface area contributed by atoms with Gasteiger partial charge < -0.3 is 22.3 Å². The zero-order valence-electron chi connectivity index (χ0n) is 13.6. The standard InChI is InChI=1S/C20H15N3O2S/c21-11-6-7-13(24)16-14(11)19(25)15-12(22)8-10(9-4-2-1-3-5-9)18(23)17(15)20(16)26/h1-8,24H,21-23H2. The predicted molar refractivity (Wildman–Crippen MR) is 107 cm³/mol. The summed E-state index contributed by atoms with van der Waals surface area (Å²) in [5.74, 6) is -0.498. The molecule has 0 radical (unpaired) electrons. The summed E-state index contributed by atoms with van der Waals surface area (Å²) in [6, 6.07) is 14.0. The van der Waals surface area contributed by atoms with E-state index in [1.165, 1.54) is 12.1 Å². The Balaban J connectivity index is 2.07. The molecule has 26 heavy (non-hydrogen) atoms. The zero-order chi connectivity index (χ0) is 18.6. The van der Waals surface area contributed by atoms with Crippen molar-refractivity contribution in [3.8, 4) is 16.9 Å². The largest absolute Gasteiger partial charge is 0.507 e. The first kappa shape index (κ1) is 16.1. The number of phenols is 1. The van der Waals surface area contributed by atoms with Crippen LogP contribution in [0.3, 0.4) is 0 Å². The maximum atomic E-state index is 13.1. The highest BCUT2D eigenvalue weighted by Crippen LogP contribution is 2.43. The van der Waals surface area contributed by atoms with Gasteiger partial charge in [0.05, 0.1) is 16.0 Å². The first-order valence-corrected chi connectivity index (χ1v) is 8.30. The van der Waals surface area contributed by atoms with Crippen LogP contribution in [0.25, 0.3) is 11.1 Å². The van der Waals surface area contributed by atoms with Crippen LogP contribution in [-0.2, 0) is 0 Å². The van der Waals surface area contributed by atoms with Gasteiger partial charge in [-0.1, -0.05) is 42.5 Å². The lowest BCUT2D eigenvalue weighted by molar-refractivity contribution is 0.103. The van der Waals surface area contributed by atoms with E-state index in [2.05, 4.69) is 0 Å². The molecule has 4 rings (SSSR count). The molecule has 0 heterocycles. The molecule has 3 aromatic carbocycles. The molecular weight excluding hydrogens is 346 g/mol. The fraction of sp³-hybridized carbons (Fsp3) is 0. The van der Waals surface area contributed by atoms with Crippen LogP contribution in [0, 0.1) is 0 Å². The van der Waals surface area contributed by atoms with Crippen LogP contribution in [0.15, 0.2) is 48.5 Å². The van der Waals surface area contributed by atoms with Gasteiger partial charge in [0.15, 0.2) is 5.78 Å². The van der Waals surface area contributed by atoms with Crippen LogP contribution in [0.1, 0.15) is 27.0 Å². The maximum Gasteiger partial charge on any atom is 0.198 e. The van der Waals surface area contributed by atoms with E-state index >= 15 is 0 Å². The Labute approximate surface area is 155 Å². The van der Waals surface area contributed by atoms with E-state index in [0.29, 0.717) is 16.8 Å². The molecule has 0 aromatic heterocycles. The second kappa shape index (κ2) is 5.57. The molecule has 0 saturated heterocycles. The number of anilines is 3. The van der Waals surface area contributed by atoms with Gasteiger partial charge in [-0.05, 0) is 23.8 Å². The highest BCUT2D eigenvalue weighted by molar-refractivity contribution is 7.81. The predicted octanol–water partition coefficient (Wildman–Crippen LogP) is 3.12. The second-order valence-corrected chi connectivity index (χ2v) is 6.53. The molecule has 3 aromatic rings. The van der Waals surface area contributed by atoms with E-state index in [4.69, 9.17) is 29.4 Å². The molecule has 0 amide bonds. The number of benzene rings is 3. The van der Waals surface area contributed by atoms with Crippen molar-refractivity contribution in [1.29, 1.82) is 0 Å². The molecule has 0 unspecified atom stereocenters. The Kier molecular flexibility index (Phi) is 3.45. The number of phenolic OH excluding ortho intramolecular Hbond substituents is 1. The molecule has 6 heteroatoms. The van der Waals surface area contributed by atoms with Crippen molar-refractivity contribution >= 4 is 39.9 Å². The molecule has 0 fully saturated rings.